The van der Waals surface area contributed by atoms with E-state index in [1.807, 2.05) is 12.1 Å². The molecule has 1 fully saturated rings. The molecule has 2 aliphatic rings. The number of benzene rings is 1. The number of ether oxygens (including phenoxy) is 1. The van der Waals surface area contributed by atoms with Gasteiger partial charge in [0.1, 0.15) is 6.04 Å². The lowest BCUT2D eigenvalue weighted by molar-refractivity contribution is -0.118. The first-order chi connectivity index (χ1) is 8.74. The van der Waals surface area contributed by atoms with E-state index in [9.17, 15) is 4.79 Å². The van der Waals surface area contributed by atoms with Crippen molar-refractivity contribution in [1.82, 2.24) is 5.32 Å². The van der Waals surface area contributed by atoms with Gasteiger partial charge in [-0.25, -0.2) is 0 Å². The number of carbonyl (C=O) groups is 1. The molecule has 0 aliphatic carbocycles. The van der Waals surface area contributed by atoms with Crippen LogP contribution < -0.4 is 10.6 Å². The van der Waals surface area contributed by atoms with Gasteiger partial charge in [-0.05, 0) is 25.8 Å². The molecule has 0 radical (unpaired) electrons. The highest BCUT2D eigenvalue weighted by molar-refractivity contribution is 6.02. The molecule has 0 aromatic heterocycles. The third-order valence-corrected chi connectivity index (χ3v) is 3.66. The summed E-state index contributed by atoms with van der Waals surface area (Å²) in [5.74, 6) is 0.0575. The molecule has 1 saturated heterocycles. The number of aryl methyl sites for hydroxylation is 1. The van der Waals surface area contributed by atoms with Crippen molar-refractivity contribution in [3.63, 3.8) is 0 Å². The number of rotatable bonds is 2. The van der Waals surface area contributed by atoms with Crippen LogP contribution in [0.4, 0.5) is 5.69 Å². The molecule has 2 aliphatic heterocycles. The molecule has 0 bridgehead atoms. The molecule has 96 valence electrons. The number of nitrogens with one attached hydrogen (secondary N) is 2. The van der Waals surface area contributed by atoms with Gasteiger partial charge in [-0.1, -0.05) is 17.7 Å². The van der Waals surface area contributed by atoms with Crippen LogP contribution in [0.1, 0.15) is 30.0 Å². The van der Waals surface area contributed by atoms with Gasteiger partial charge in [0.25, 0.3) is 0 Å². The minimum absolute atomic E-state index is 0.0575. The van der Waals surface area contributed by atoms with Crippen LogP contribution in [0, 0.1) is 6.92 Å². The molecule has 3 rings (SSSR count). The average molecular weight is 246 g/mol. The Morgan fingerprint density at radius 3 is 2.89 bits per heavy atom. The Kier molecular flexibility index (Phi) is 3.06. The Bertz CT molecular complexity index is 467. The van der Waals surface area contributed by atoms with E-state index >= 15 is 0 Å². The van der Waals surface area contributed by atoms with Crippen molar-refractivity contribution < 1.29 is 9.53 Å². The standard InChI is InChI=1S/C14H18N2O2/c1-9-2-3-12-11(8-9)13(14(17)16-12)15-10-4-6-18-7-5-10/h2-3,8,10,13,15H,4-7H2,1H3,(H,16,17). The minimum Gasteiger partial charge on any atom is -0.381 e. The maximum absolute atomic E-state index is 12.0. The van der Waals surface area contributed by atoms with Crippen LogP contribution >= 0.6 is 0 Å². The van der Waals surface area contributed by atoms with Crippen molar-refractivity contribution in [3.05, 3.63) is 29.3 Å². The predicted octanol–water partition coefficient (Wildman–Crippen LogP) is 1.76. The predicted molar refractivity (Wildman–Crippen MR) is 69.5 cm³/mol. The van der Waals surface area contributed by atoms with Crippen molar-refractivity contribution in [3.8, 4) is 0 Å². The molecular weight excluding hydrogens is 228 g/mol. The maximum atomic E-state index is 12.0. The summed E-state index contributed by atoms with van der Waals surface area (Å²) < 4.78 is 5.34. The van der Waals surface area contributed by atoms with Crippen molar-refractivity contribution in [2.45, 2.75) is 31.8 Å². The lowest BCUT2D eigenvalue weighted by Crippen LogP contribution is -2.39. The van der Waals surface area contributed by atoms with Gasteiger partial charge in [0, 0.05) is 30.5 Å². The van der Waals surface area contributed by atoms with Crippen molar-refractivity contribution >= 4 is 11.6 Å². The molecule has 1 aromatic rings. The maximum Gasteiger partial charge on any atom is 0.246 e. The highest BCUT2D eigenvalue weighted by Crippen LogP contribution is 2.32. The summed E-state index contributed by atoms with van der Waals surface area (Å²) in [4.78, 5) is 12.0. The Morgan fingerprint density at radius 2 is 2.11 bits per heavy atom. The van der Waals surface area contributed by atoms with E-state index in [0.717, 1.165) is 37.3 Å². The zero-order valence-corrected chi connectivity index (χ0v) is 10.5. The van der Waals surface area contributed by atoms with E-state index < -0.39 is 0 Å². The van der Waals surface area contributed by atoms with E-state index in [1.54, 1.807) is 0 Å². The van der Waals surface area contributed by atoms with Gasteiger partial charge in [-0.15, -0.1) is 0 Å². The van der Waals surface area contributed by atoms with E-state index in [0.29, 0.717) is 6.04 Å². The van der Waals surface area contributed by atoms with Crippen LogP contribution in [0.5, 0.6) is 0 Å². The lowest BCUT2D eigenvalue weighted by atomic mass is 10.0. The van der Waals surface area contributed by atoms with Gasteiger partial charge < -0.3 is 10.1 Å². The molecule has 4 heteroatoms. The second-order valence-electron chi connectivity index (χ2n) is 5.07. The van der Waals surface area contributed by atoms with E-state index in [-0.39, 0.29) is 11.9 Å². The lowest BCUT2D eigenvalue weighted by Gasteiger charge is -2.25. The Balaban J connectivity index is 1.80. The summed E-state index contributed by atoms with van der Waals surface area (Å²) in [6.07, 6.45) is 1.95. The van der Waals surface area contributed by atoms with Crippen molar-refractivity contribution in [2.75, 3.05) is 18.5 Å². The quantitative estimate of drug-likeness (QED) is 0.836. The molecule has 0 saturated carbocycles. The number of anilines is 1. The molecule has 1 amide bonds. The SMILES string of the molecule is Cc1ccc2c(c1)C(NC1CCOCC1)C(=O)N2. The normalized spacial score (nSPS) is 23.8. The third-order valence-electron chi connectivity index (χ3n) is 3.66. The largest absolute Gasteiger partial charge is 0.381 e. The molecule has 1 atom stereocenters. The summed E-state index contributed by atoms with van der Waals surface area (Å²) in [5.41, 5.74) is 3.20. The average Bonchev–Trinajstić information content (AvgIpc) is 2.67. The number of fused-ring (bicyclic) bond motifs is 1. The molecule has 1 aromatic carbocycles. The number of amides is 1. The van der Waals surface area contributed by atoms with Gasteiger partial charge in [-0.3, -0.25) is 10.1 Å². The van der Waals surface area contributed by atoms with Crippen LogP contribution in [0.15, 0.2) is 18.2 Å². The molecule has 4 nitrogen and oxygen atoms in total. The Morgan fingerprint density at radius 1 is 1.33 bits per heavy atom. The smallest absolute Gasteiger partial charge is 0.246 e. The van der Waals surface area contributed by atoms with Gasteiger partial charge in [0.2, 0.25) is 5.91 Å². The number of hydrogen-bond acceptors (Lipinski definition) is 3. The molecule has 0 spiro atoms. The first-order valence-electron chi connectivity index (χ1n) is 6.49. The number of hydrogen-bond donors (Lipinski definition) is 2. The van der Waals surface area contributed by atoms with E-state index in [2.05, 4.69) is 23.6 Å². The van der Waals surface area contributed by atoms with Crippen LogP contribution in [-0.4, -0.2) is 25.2 Å². The van der Waals surface area contributed by atoms with Gasteiger partial charge in [-0.2, -0.15) is 0 Å². The summed E-state index contributed by atoms with van der Waals surface area (Å²) in [6, 6.07) is 6.26. The van der Waals surface area contributed by atoms with Crippen LogP contribution in [0.25, 0.3) is 0 Å². The second-order valence-corrected chi connectivity index (χ2v) is 5.07. The van der Waals surface area contributed by atoms with Gasteiger partial charge in [0.15, 0.2) is 0 Å². The fourth-order valence-electron chi connectivity index (χ4n) is 2.65. The fourth-order valence-corrected chi connectivity index (χ4v) is 2.65. The fraction of sp³-hybridized carbons (Fsp3) is 0.500. The number of carbonyl (C=O) groups excluding carboxylic acids is 1. The molecular formula is C14H18N2O2. The van der Waals surface area contributed by atoms with E-state index in [4.69, 9.17) is 4.74 Å². The van der Waals surface area contributed by atoms with Crippen molar-refractivity contribution in [1.29, 1.82) is 0 Å². The second kappa shape index (κ2) is 4.71. The van der Waals surface area contributed by atoms with Crippen LogP contribution in [0.2, 0.25) is 0 Å². The molecule has 2 N–H and O–H groups in total. The summed E-state index contributed by atoms with van der Waals surface area (Å²) >= 11 is 0. The topological polar surface area (TPSA) is 50.4 Å². The van der Waals surface area contributed by atoms with Crippen LogP contribution in [-0.2, 0) is 9.53 Å². The Labute approximate surface area is 107 Å². The van der Waals surface area contributed by atoms with Crippen molar-refractivity contribution in [2.24, 2.45) is 0 Å². The monoisotopic (exact) mass is 246 g/mol. The summed E-state index contributed by atoms with van der Waals surface area (Å²) in [7, 11) is 0. The van der Waals surface area contributed by atoms with Gasteiger partial charge >= 0.3 is 0 Å². The zero-order chi connectivity index (χ0) is 12.5. The first kappa shape index (κ1) is 11.7. The highest BCUT2D eigenvalue weighted by atomic mass is 16.5. The molecule has 18 heavy (non-hydrogen) atoms. The molecule has 2 heterocycles. The summed E-state index contributed by atoms with van der Waals surface area (Å²) in [5, 5.41) is 6.39. The molecule has 1 unspecified atom stereocenters. The first-order valence-corrected chi connectivity index (χ1v) is 6.49. The summed E-state index contributed by atoms with van der Waals surface area (Å²) in [6.45, 7) is 3.62. The third kappa shape index (κ3) is 2.13. The zero-order valence-electron chi connectivity index (χ0n) is 10.5. The minimum atomic E-state index is -0.206. The van der Waals surface area contributed by atoms with Crippen LogP contribution in [0.3, 0.4) is 0 Å². The van der Waals surface area contributed by atoms with Gasteiger partial charge in [0.05, 0.1) is 0 Å². The highest BCUT2D eigenvalue weighted by Gasteiger charge is 2.32. The Hall–Kier alpha value is -1.39. The van der Waals surface area contributed by atoms with E-state index in [1.165, 1.54) is 5.56 Å².